The Morgan fingerprint density at radius 1 is 1.27 bits per heavy atom. The van der Waals surface area contributed by atoms with Crippen molar-refractivity contribution >= 4 is 0 Å². The van der Waals surface area contributed by atoms with Crippen LogP contribution < -0.4 is 5.73 Å². The van der Waals surface area contributed by atoms with Crippen molar-refractivity contribution in [2.24, 2.45) is 5.73 Å². The van der Waals surface area contributed by atoms with E-state index in [1.165, 1.54) is 0 Å². The van der Waals surface area contributed by atoms with Gasteiger partial charge in [0.15, 0.2) is 0 Å². The summed E-state index contributed by atoms with van der Waals surface area (Å²) in [7, 11) is 0. The fourth-order valence-corrected chi connectivity index (χ4v) is 0.747. The molecule has 0 radical (unpaired) electrons. The van der Waals surface area contributed by atoms with Crippen LogP contribution in [0.2, 0.25) is 0 Å². The van der Waals surface area contributed by atoms with E-state index in [9.17, 15) is 0 Å². The molecule has 0 rings (SSSR count). The number of hydrogen-bond donors (Lipinski definition) is 1. The smallest absolute Gasteiger partial charge is 0.221 e. The number of ether oxygens (including phenoxy) is 2. The lowest BCUT2D eigenvalue weighted by molar-refractivity contribution is -0.219. The lowest BCUT2D eigenvalue weighted by atomic mass is 10.4. The zero-order chi connectivity index (χ0) is 8.74. The Morgan fingerprint density at radius 2 is 1.91 bits per heavy atom. The van der Waals surface area contributed by atoms with E-state index in [-0.39, 0.29) is 0 Å². The number of rotatable bonds is 6. The van der Waals surface area contributed by atoms with E-state index in [0.29, 0.717) is 13.2 Å². The standard InChI is InChI=1S/C8H19NO2/c1-4-6-7-11-8(3,9)10-5-2/h4-7,9H2,1-3H3. The molecule has 1 atom stereocenters. The molecule has 11 heavy (non-hydrogen) atoms. The van der Waals surface area contributed by atoms with Crippen LogP contribution >= 0.6 is 0 Å². The lowest BCUT2D eigenvalue weighted by Gasteiger charge is -2.24. The van der Waals surface area contributed by atoms with Crippen molar-refractivity contribution in [3.63, 3.8) is 0 Å². The van der Waals surface area contributed by atoms with Crippen molar-refractivity contribution in [1.82, 2.24) is 0 Å². The van der Waals surface area contributed by atoms with E-state index in [2.05, 4.69) is 6.92 Å². The highest BCUT2D eigenvalue weighted by Gasteiger charge is 2.17. The molecule has 0 aliphatic rings. The second-order valence-electron chi connectivity index (χ2n) is 2.65. The average Bonchev–Trinajstić information content (AvgIpc) is 1.87. The van der Waals surface area contributed by atoms with Gasteiger partial charge in [-0.05, 0) is 13.3 Å². The summed E-state index contributed by atoms with van der Waals surface area (Å²) in [4.78, 5) is 0. The highest BCUT2D eigenvalue weighted by atomic mass is 16.7. The van der Waals surface area contributed by atoms with E-state index in [1.54, 1.807) is 6.92 Å². The van der Waals surface area contributed by atoms with Crippen LogP contribution in [-0.4, -0.2) is 19.1 Å². The molecule has 3 heteroatoms. The largest absolute Gasteiger partial charge is 0.338 e. The third-order valence-corrected chi connectivity index (χ3v) is 1.32. The molecule has 0 saturated heterocycles. The van der Waals surface area contributed by atoms with Crippen LogP contribution in [0.1, 0.15) is 33.6 Å². The number of nitrogens with two attached hydrogens (primary N) is 1. The van der Waals surface area contributed by atoms with Crippen LogP contribution in [-0.2, 0) is 9.47 Å². The Kier molecular flexibility index (Phi) is 5.46. The van der Waals surface area contributed by atoms with Crippen molar-refractivity contribution in [2.75, 3.05) is 13.2 Å². The van der Waals surface area contributed by atoms with Crippen LogP contribution in [0, 0.1) is 0 Å². The molecule has 0 aliphatic carbocycles. The minimum atomic E-state index is -0.899. The van der Waals surface area contributed by atoms with E-state index < -0.39 is 5.91 Å². The molecule has 0 aromatic carbocycles. The minimum Gasteiger partial charge on any atom is -0.338 e. The average molecular weight is 161 g/mol. The molecule has 0 spiro atoms. The quantitative estimate of drug-likeness (QED) is 0.474. The van der Waals surface area contributed by atoms with Crippen LogP contribution in [0.25, 0.3) is 0 Å². The number of unbranched alkanes of at least 4 members (excludes halogenated alkanes) is 1. The van der Waals surface area contributed by atoms with Crippen molar-refractivity contribution < 1.29 is 9.47 Å². The maximum absolute atomic E-state index is 5.62. The van der Waals surface area contributed by atoms with Crippen LogP contribution in [0.15, 0.2) is 0 Å². The third kappa shape index (κ3) is 6.28. The third-order valence-electron chi connectivity index (χ3n) is 1.32. The van der Waals surface area contributed by atoms with Gasteiger partial charge in [-0.2, -0.15) is 0 Å². The second kappa shape index (κ2) is 5.52. The Labute approximate surface area is 68.9 Å². The van der Waals surface area contributed by atoms with E-state index in [1.807, 2.05) is 6.92 Å². The Balaban J connectivity index is 3.38. The summed E-state index contributed by atoms with van der Waals surface area (Å²) in [5, 5.41) is 0. The monoisotopic (exact) mass is 161 g/mol. The first kappa shape index (κ1) is 10.9. The molecule has 0 bridgehead atoms. The van der Waals surface area contributed by atoms with Gasteiger partial charge in [-0.15, -0.1) is 0 Å². The molecule has 68 valence electrons. The van der Waals surface area contributed by atoms with E-state index in [0.717, 1.165) is 12.8 Å². The van der Waals surface area contributed by atoms with Crippen LogP contribution in [0.4, 0.5) is 0 Å². The molecule has 1 unspecified atom stereocenters. The van der Waals surface area contributed by atoms with Crippen LogP contribution in [0.5, 0.6) is 0 Å². The van der Waals surface area contributed by atoms with Crippen molar-refractivity contribution in [3.8, 4) is 0 Å². The molecular weight excluding hydrogens is 142 g/mol. The highest BCUT2D eigenvalue weighted by molar-refractivity contribution is 4.49. The molecule has 0 heterocycles. The first-order valence-corrected chi connectivity index (χ1v) is 4.19. The summed E-state index contributed by atoms with van der Waals surface area (Å²) in [5.41, 5.74) is 5.62. The van der Waals surface area contributed by atoms with Gasteiger partial charge in [0, 0.05) is 13.5 Å². The molecule has 0 aromatic rings. The van der Waals surface area contributed by atoms with E-state index in [4.69, 9.17) is 15.2 Å². The summed E-state index contributed by atoms with van der Waals surface area (Å²) in [5.74, 6) is -0.899. The fourth-order valence-electron chi connectivity index (χ4n) is 0.747. The molecule has 0 saturated carbocycles. The Bertz CT molecular complexity index is 94.1. The van der Waals surface area contributed by atoms with E-state index >= 15 is 0 Å². The zero-order valence-electron chi connectivity index (χ0n) is 7.72. The first-order valence-electron chi connectivity index (χ1n) is 4.19. The van der Waals surface area contributed by atoms with Gasteiger partial charge in [-0.25, -0.2) is 0 Å². The molecule has 3 nitrogen and oxygen atoms in total. The van der Waals surface area contributed by atoms with Crippen molar-refractivity contribution in [1.29, 1.82) is 0 Å². The Morgan fingerprint density at radius 3 is 2.36 bits per heavy atom. The molecule has 2 N–H and O–H groups in total. The zero-order valence-corrected chi connectivity index (χ0v) is 7.72. The van der Waals surface area contributed by atoms with Gasteiger partial charge in [0.2, 0.25) is 5.91 Å². The molecule has 0 amide bonds. The summed E-state index contributed by atoms with van der Waals surface area (Å²) >= 11 is 0. The summed E-state index contributed by atoms with van der Waals surface area (Å²) in [6, 6.07) is 0. The first-order chi connectivity index (χ1) is 5.12. The minimum absolute atomic E-state index is 0.582. The number of hydrogen-bond acceptors (Lipinski definition) is 3. The summed E-state index contributed by atoms with van der Waals surface area (Å²) in [6.45, 7) is 6.99. The van der Waals surface area contributed by atoms with Crippen LogP contribution in [0.3, 0.4) is 0 Å². The highest BCUT2D eigenvalue weighted by Crippen LogP contribution is 2.04. The van der Waals surface area contributed by atoms with Crippen molar-refractivity contribution in [2.45, 2.75) is 39.5 Å². The van der Waals surface area contributed by atoms with Gasteiger partial charge in [0.1, 0.15) is 0 Å². The normalized spacial score (nSPS) is 16.4. The summed E-state index contributed by atoms with van der Waals surface area (Å²) in [6.07, 6.45) is 2.14. The molecule has 0 aromatic heterocycles. The van der Waals surface area contributed by atoms with Gasteiger partial charge >= 0.3 is 0 Å². The van der Waals surface area contributed by atoms with Crippen molar-refractivity contribution in [3.05, 3.63) is 0 Å². The molecule has 0 fully saturated rings. The van der Waals surface area contributed by atoms with Gasteiger partial charge in [-0.3, -0.25) is 5.73 Å². The predicted octanol–water partition coefficient (Wildman–Crippen LogP) is 1.47. The lowest BCUT2D eigenvalue weighted by Crippen LogP contribution is -2.42. The Hall–Kier alpha value is -0.120. The topological polar surface area (TPSA) is 44.5 Å². The van der Waals surface area contributed by atoms with Gasteiger partial charge in [0.25, 0.3) is 0 Å². The van der Waals surface area contributed by atoms with Gasteiger partial charge in [0.05, 0.1) is 6.61 Å². The molecule has 0 aliphatic heterocycles. The SMILES string of the molecule is CCCCOC(C)(N)OCC. The maximum Gasteiger partial charge on any atom is 0.221 e. The molecular formula is C8H19NO2. The van der Waals surface area contributed by atoms with Gasteiger partial charge in [-0.1, -0.05) is 13.3 Å². The fraction of sp³-hybridized carbons (Fsp3) is 1.00. The van der Waals surface area contributed by atoms with Gasteiger partial charge < -0.3 is 9.47 Å². The second-order valence-corrected chi connectivity index (χ2v) is 2.65. The maximum atomic E-state index is 5.62. The summed E-state index contributed by atoms with van der Waals surface area (Å²) < 4.78 is 10.4. The predicted molar refractivity (Wildman–Crippen MR) is 45.1 cm³/mol.